The highest BCUT2D eigenvalue weighted by Gasteiger charge is 2.61. The molecule has 4 saturated carbocycles. The fourth-order valence-corrected chi connectivity index (χ4v) is 7.61. The third kappa shape index (κ3) is 2.30. The Morgan fingerprint density at radius 3 is 2.48 bits per heavy atom. The molecule has 4 aliphatic carbocycles. The van der Waals surface area contributed by atoms with Crippen molar-refractivity contribution in [2.75, 3.05) is 0 Å². The monoisotopic (exact) mass is 318 g/mol. The lowest BCUT2D eigenvalue weighted by Crippen LogP contribution is -2.57. The number of fused-ring (bicyclic) bond motifs is 5. The number of hydrogen-bond acceptors (Lipinski definition) is 2. The maximum absolute atomic E-state index is 11.7. The summed E-state index contributed by atoms with van der Waals surface area (Å²) >= 11 is 0. The summed E-state index contributed by atoms with van der Waals surface area (Å²) in [6.45, 7) is 6.63. The third-order valence-corrected chi connectivity index (χ3v) is 8.77. The van der Waals surface area contributed by atoms with Gasteiger partial charge in [0.15, 0.2) is 0 Å². The molecule has 2 nitrogen and oxygen atoms in total. The van der Waals surface area contributed by atoms with E-state index in [0.29, 0.717) is 5.41 Å². The van der Waals surface area contributed by atoms with Crippen molar-refractivity contribution in [1.29, 1.82) is 0 Å². The molecule has 4 fully saturated rings. The van der Waals surface area contributed by atoms with Gasteiger partial charge in [-0.3, -0.25) is 4.79 Å². The molecule has 7 atom stereocenters. The van der Waals surface area contributed by atoms with E-state index >= 15 is 0 Å². The van der Waals surface area contributed by atoms with Crippen molar-refractivity contribution >= 4 is 5.97 Å². The predicted octanol–water partition coefficient (Wildman–Crippen LogP) is 5.35. The van der Waals surface area contributed by atoms with Gasteiger partial charge in [0, 0.05) is 12.3 Å². The summed E-state index contributed by atoms with van der Waals surface area (Å²) in [4.78, 5) is 11.7. The highest BCUT2D eigenvalue weighted by molar-refractivity contribution is 5.66. The first-order chi connectivity index (χ1) is 10.9. The van der Waals surface area contributed by atoms with Crippen LogP contribution < -0.4 is 0 Å². The third-order valence-electron chi connectivity index (χ3n) is 8.77. The summed E-state index contributed by atoms with van der Waals surface area (Å²) in [6.07, 6.45) is 13.9. The van der Waals surface area contributed by atoms with Gasteiger partial charge in [-0.15, -0.1) is 0 Å². The number of esters is 1. The average molecular weight is 319 g/mol. The van der Waals surface area contributed by atoms with Crippen LogP contribution in [0.15, 0.2) is 0 Å². The molecule has 2 unspecified atom stereocenters. The second-order valence-electron chi connectivity index (χ2n) is 9.63. The molecule has 130 valence electrons. The molecule has 23 heavy (non-hydrogen) atoms. The zero-order chi connectivity index (χ0) is 16.2. The normalized spacial score (nSPS) is 52.2. The first kappa shape index (κ1) is 16.0. The molecular formula is C21H34O2. The van der Waals surface area contributed by atoms with Gasteiger partial charge in [0.2, 0.25) is 0 Å². The Morgan fingerprint density at radius 1 is 0.913 bits per heavy atom. The minimum atomic E-state index is -0.0681. The Kier molecular flexibility index (Phi) is 3.81. The van der Waals surface area contributed by atoms with Gasteiger partial charge in [-0.1, -0.05) is 33.1 Å². The van der Waals surface area contributed by atoms with Crippen LogP contribution >= 0.6 is 0 Å². The summed E-state index contributed by atoms with van der Waals surface area (Å²) in [5.74, 6) is 3.35. The van der Waals surface area contributed by atoms with Gasteiger partial charge in [-0.2, -0.15) is 0 Å². The van der Waals surface area contributed by atoms with Gasteiger partial charge in [0.1, 0.15) is 6.10 Å². The fourth-order valence-electron chi connectivity index (χ4n) is 7.61. The molecule has 0 aromatic heterocycles. The van der Waals surface area contributed by atoms with Crippen molar-refractivity contribution in [2.24, 2.45) is 34.5 Å². The van der Waals surface area contributed by atoms with E-state index in [1.54, 1.807) is 6.92 Å². The van der Waals surface area contributed by atoms with E-state index in [4.69, 9.17) is 4.74 Å². The Hall–Kier alpha value is -0.530. The molecule has 0 spiro atoms. The van der Waals surface area contributed by atoms with Crippen LogP contribution in [0.4, 0.5) is 0 Å². The lowest BCUT2D eigenvalue weighted by Gasteiger charge is -2.61. The Bertz CT molecular complexity index is 486. The summed E-state index contributed by atoms with van der Waals surface area (Å²) < 4.78 is 5.94. The maximum Gasteiger partial charge on any atom is 0.302 e. The van der Waals surface area contributed by atoms with Crippen molar-refractivity contribution < 1.29 is 9.53 Å². The molecule has 0 radical (unpaired) electrons. The molecule has 0 aromatic carbocycles. The van der Waals surface area contributed by atoms with Crippen LogP contribution in [0.2, 0.25) is 0 Å². The molecule has 0 aromatic rings. The highest BCUT2D eigenvalue weighted by atomic mass is 16.5. The maximum atomic E-state index is 11.7. The van der Waals surface area contributed by atoms with Crippen molar-refractivity contribution in [2.45, 2.75) is 91.1 Å². The van der Waals surface area contributed by atoms with Gasteiger partial charge >= 0.3 is 5.97 Å². The molecule has 0 aliphatic heterocycles. The van der Waals surface area contributed by atoms with E-state index < -0.39 is 0 Å². The van der Waals surface area contributed by atoms with Crippen LogP contribution in [0.3, 0.4) is 0 Å². The smallest absolute Gasteiger partial charge is 0.302 e. The fraction of sp³-hybridized carbons (Fsp3) is 0.952. The van der Waals surface area contributed by atoms with Gasteiger partial charge < -0.3 is 4.74 Å². The minimum Gasteiger partial charge on any atom is -0.462 e. The number of rotatable bonds is 1. The van der Waals surface area contributed by atoms with Gasteiger partial charge in [0.25, 0.3) is 0 Å². The minimum absolute atomic E-state index is 0.0681. The second-order valence-corrected chi connectivity index (χ2v) is 9.63. The largest absolute Gasteiger partial charge is 0.462 e. The van der Waals surface area contributed by atoms with Gasteiger partial charge in [-0.05, 0) is 74.0 Å². The van der Waals surface area contributed by atoms with E-state index in [1.807, 2.05) is 0 Å². The molecule has 0 bridgehead atoms. The second kappa shape index (κ2) is 5.49. The molecule has 0 amide bonds. The topological polar surface area (TPSA) is 26.3 Å². The average Bonchev–Trinajstić information content (AvgIpc) is 2.90. The predicted molar refractivity (Wildman–Crippen MR) is 91.9 cm³/mol. The zero-order valence-electron chi connectivity index (χ0n) is 15.3. The number of carbonyl (C=O) groups is 1. The molecule has 2 heteroatoms. The highest BCUT2D eigenvalue weighted by Crippen LogP contribution is 2.66. The Labute approximate surface area is 141 Å². The van der Waals surface area contributed by atoms with Crippen molar-refractivity contribution in [3.63, 3.8) is 0 Å². The summed E-state index contributed by atoms with van der Waals surface area (Å²) in [6, 6.07) is 0. The molecular weight excluding hydrogens is 284 g/mol. The first-order valence-corrected chi connectivity index (χ1v) is 10.1. The van der Waals surface area contributed by atoms with Crippen LogP contribution in [-0.2, 0) is 9.53 Å². The first-order valence-electron chi connectivity index (χ1n) is 10.1. The molecule has 0 N–H and O–H groups in total. The molecule has 4 rings (SSSR count). The molecule has 0 heterocycles. The van der Waals surface area contributed by atoms with E-state index in [1.165, 1.54) is 57.8 Å². The van der Waals surface area contributed by atoms with Gasteiger partial charge in [0.05, 0.1) is 0 Å². The van der Waals surface area contributed by atoms with Gasteiger partial charge in [-0.25, -0.2) is 0 Å². The summed E-state index contributed by atoms with van der Waals surface area (Å²) in [5, 5.41) is 0. The lowest BCUT2D eigenvalue weighted by atomic mass is 9.45. The van der Waals surface area contributed by atoms with Crippen LogP contribution in [-0.4, -0.2) is 12.1 Å². The van der Waals surface area contributed by atoms with Crippen LogP contribution in [0.1, 0.15) is 85.0 Å². The van der Waals surface area contributed by atoms with Crippen LogP contribution in [0.5, 0.6) is 0 Å². The Balaban J connectivity index is 1.68. The SMILES string of the molecule is CC(=O)O[C@@H]1CC2[C@@H](CC[C@@H]3CCCC[C@]23C)C2CCC[C@]21C. The quantitative estimate of drug-likeness (QED) is 0.609. The van der Waals surface area contributed by atoms with E-state index in [2.05, 4.69) is 13.8 Å². The van der Waals surface area contributed by atoms with Crippen LogP contribution in [0, 0.1) is 34.5 Å². The lowest BCUT2D eigenvalue weighted by molar-refractivity contribution is -0.183. The Morgan fingerprint density at radius 2 is 1.70 bits per heavy atom. The van der Waals surface area contributed by atoms with Crippen molar-refractivity contribution in [3.05, 3.63) is 0 Å². The van der Waals surface area contributed by atoms with Crippen molar-refractivity contribution in [1.82, 2.24) is 0 Å². The molecule has 0 saturated heterocycles. The number of ether oxygens (including phenoxy) is 1. The van der Waals surface area contributed by atoms with Crippen molar-refractivity contribution in [3.8, 4) is 0 Å². The van der Waals surface area contributed by atoms with Crippen LogP contribution in [0.25, 0.3) is 0 Å². The van der Waals surface area contributed by atoms with E-state index in [0.717, 1.165) is 30.1 Å². The number of carbonyl (C=O) groups excluding carboxylic acids is 1. The molecule has 4 aliphatic rings. The standard InChI is InChI=1S/C21H34O2/c1-14(22)23-19-13-18-16(17-8-6-12-21(17,19)3)10-9-15-7-4-5-11-20(15,18)2/h15-19H,4-13H2,1-3H3/t15-,16-,17?,18?,19+,20-,21+/m0/s1. The summed E-state index contributed by atoms with van der Waals surface area (Å²) in [7, 11) is 0. The number of hydrogen-bond donors (Lipinski definition) is 0. The zero-order valence-corrected chi connectivity index (χ0v) is 15.3. The summed E-state index contributed by atoms with van der Waals surface area (Å²) in [5.41, 5.74) is 0.772. The van der Waals surface area contributed by atoms with E-state index in [-0.39, 0.29) is 17.5 Å². The van der Waals surface area contributed by atoms with E-state index in [9.17, 15) is 4.79 Å².